The second-order valence-corrected chi connectivity index (χ2v) is 4.86. The van der Waals surface area contributed by atoms with E-state index >= 15 is 0 Å². The molecule has 2 rings (SSSR count). The number of carbonyl (C=O) groups excluding carboxylic acids is 1. The molecule has 0 saturated heterocycles. The molecule has 1 aromatic heterocycles. The van der Waals surface area contributed by atoms with Crippen LogP contribution in [0.25, 0.3) is 0 Å². The molecule has 0 fully saturated rings. The highest BCUT2D eigenvalue weighted by Gasteiger charge is 2.14. The maximum atomic E-state index is 12.0. The van der Waals surface area contributed by atoms with E-state index in [0.29, 0.717) is 23.7 Å². The molecule has 0 aliphatic rings. The standard InChI is InChI=1S/C16H20N2O4/c1-11(13-5-4-8-22-13)17-10-16(19)18-12-6-7-14(20-2)15(9-12)21-3/h4-9,11,17H,10H2,1-3H3,(H,18,19)/p+1/t11-/m0/s1. The summed E-state index contributed by atoms with van der Waals surface area (Å²) in [6.45, 7) is 2.29. The third-order valence-corrected chi connectivity index (χ3v) is 3.32. The highest BCUT2D eigenvalue weighted by Crippen LogP contribution is 2.29. The van der Waals surface area contributed by atoms with Crippen LogP contribution >= 0.6 is 0 Å². The zero-order valence-corrected chi connectivity index (χ0v) is 13.0. The number of hydrogen-bond donors (Lipinski definition) is 2. The summed E-state index contributed by atoms with van der Waals surface area (Å²) in [4.78, 5) is 12.0. The Morgan fingerprint density at radius 3 is 2.68 bits per heavy atom. The molecule has 0 bridgehead atoms. The quantitative estimate of drug-likeness (QED) is 0.814. The predicted octanol–water partition coefficient (Wildman–Crippen LogP) is 1.56. The molecule has 118 valence electrons. The van der Waals surface area contributed by atoms with E-state index in [2.05, 4.69) is 5.32 Å². The minimum absolute atomic E-state index is 0.0890. The van der Waals surface area contributed by atoms with Crippen LogP contribution in [0.1, 0.15) is 18.7 Å². The number of quaternary nitrogens is 1. The Morgan fingerprint density at radius 2 is 2.05 bits per heavy atom. The van der Waals surface area contributed by atoms with Crippen LogP contribution in [0.2, 0.25) is 0 Å². The van der Waals surface area contributed by atoms with Gasteiger partial charge in [0.25, 0.3) is 5.91 Å². The van der Waals surface area contributed by atoms with Crippen LogP contribution in [0, 0.1) is 0 Å². The molecule has 0 saturated carbocycles. The van der Waals surface area contributed by atoms with Crippen molar-refractivity contribution in [2.75, 3.05) is 26.1 Å². The number of nitrogens with two attached hydrogens (primary N) is 1. The molecule has 2 aromatic rings. The largest absolute Gasteiger partial charge is 0.493 e. The van der Waals surface area contributed by atoms with Gasteiger partial charge in [0.15, 0.2) is 23.8 Å². The van der Waals surface area contributed by atoms with Crippen LogP contribution in [0.3, 0.4) is 0 Å². The first-order chi connectivity index (χ1) is 10.6. The van der Waals surface area contributed by atoms with Crippen molar-refractivity contribution in [3.63, 3.8) is 0 Å². The molecule has 6 nitrogen and oxygen atoms in total. The van der Waals surface area contributed by atoms with E-state index in [-0.39, 0.29) is 11.9 Å². The summed E-state index contributed by atoms with van der Waals surface area (Å²) < 4.78 is 15.7. The maximum Gasteiger partial charge on any atom is 0.279 e. The molecule has 1 aromatic carbocycles. The van der Waals surface area contributed by atoms with Gasteiger partial charge >= 0.3 is 0 Å². The smallest absolute Gasteiger partial charge is 0.279 e. The van der Waals surface area contributed by atoms with Gasteiger partial charge in [-0.2, -0.15) is 0 Å². The molecule has 0 aliphatic carbocycles. The third kappa shape index (κ3) is 4.02. The lowest BCUT2D eigenvalue weighted by Crippen LogP contribution is -2.86. The highest BCUT2D eigenvalue weighted by atomic mass is 16.5. The van der Waals surface area contributed by atoms with E-state index in [1.807, 2.05) is 24.4 Å². The van der Waals surface area contributed by atoms with Crippen molar-refractivity contribution < 1.29 is 24.0 Å². The number of nitrogens with one attached hydrogen (secondary N) is 1. The SMILES string of the molecule is COc1ccc(NC(=O)C[NH2+][C@@H](C)c2ccco2)cc1OC. The molecule has 0 unspecified atom stereocenters. The Balaban J connectivity index is 1.89. The van der Waals surface area contributed by atoms with Gasteiger partial charge in [0.2, 0.25) is 0 Å². The molecule has 0 radical (unpaired) electrons. The van der Waals surface area contributed by atoms with Gasteiger partial charge in [0.05, 0.1) is 20.5 Å². The third-order valence-electron chi connectivity index (χ3n) is 3.32. The molecule has 0 aliphatic heterocycles. The van der Waals surface area contributed by atoms with Crippen molar-refractivity contribution in [2.24, 2.45) is 0 Å². The number of rotatable bonds is 7. The molecular weight excluding hydrogens is 284 g/mol. The molecule has 1 atom stereocenters. The summed E-state index contributed by atoms with van der Waals surface area (Å²) in [5.74, 6) is 1.95. The summed E-state index contributed by atoms with van der Waals surface area (Å²) in [6, 6.07) is 9.08. The molecule has 6 heteroatoms. The zero-order chi connectivity index (χ0) is 15.9. The summed E-state index contributed by atoms with van der Waals surface area (Å²) in [7, 11) is 3.13. The van der Waals surface area contributed by atoms with Gasteiger partial charge in [-0.05, 0) is 31.2 Å². The van der Waals surface area contributed by atoms with Crippen molar-refractivity contribution in [1.82, 2.24) is 0 Å². The van der Waals surface area contributed by atoms with E-state index in [1.165, 1.54) is 0 Å². The Hall–Kier alpha value is -2.47. The number of anilines is 1. The van der Waals surface area contributed by atoms with Gasteiger partial charge in [-0.25, -0.2) is 0 Å². The average Bonchev–Trinajstić information content (AvgIpc) is 3.07. The van der Waals surface area contributed by atoms with E-state index < -0.39 is 0 Å². The molecule has 0 spiro atoms. The average molecular weight is 305 g/mol. The van der Waals surface area contributed by atoms with Crippen LogP contribution < -0.4 is 20.1 Å². The first kappa shape index (κ1) is 15.9. The first-order valence-electron chi connectivity index (χ1n) is 7.02. The summed E-state index contributed by atoms with van der Waals surface area (Å²) in [5.41, 5.74) is 0.668. The van der Waals surface area contributed by atoms with Crippen molar-refractivity contribution in [1.29, 1.82) is 0 Å². The fourth-order valence-corrected chi connectivity index (χ4v) is 2.08. The summed E-state index contributed by atoms with van der Waals surface area (Å²) in [6.07, 6.45) is 1.63. The lowest BCUT2D eigenvalue weighted by molar-refractivity contribution is -0.684. The van der Waals surface area contributed by atoms with Crippen molar-refractivity contribution in [3.05, 3.63) is 42.4 Å². The Labute approximate surface area is 129 Å². The molecule has 1 heterocycles. The van der Waals surface area contributed by atoms with Crippen LogP contribution in [-0.2, 0) is 4.79 Å². The van der Waals surface area contributed by atoms with E-state index in [9.17, 15) is 4.79 Å². The van der Waals surface area contributed by atoms with Crippen LogP contribution in [0.5, 0.6) is 11.5 Å². The molecule has 1 amide bonds. The predicted molar refractivity (Wildman–Crippen MR) is 82.1 cm³/mol. The zero-order valence-electron chi connectivity index (χ0n) is 13.0. The van der Waals surface area contributed by atoms with Crippen molar-refractivity contribution in [2.45, 2.75) is 13.0 Å². The van der Waals surface area contributed by atoms with Crippen molar-refractivity contribution in [3.8, 4) is 11.5 Å². The fraction of sp³-hybridized carbons (Fsp3) is 0.312. The van der Waals surface area contributed by atoms with Gasteiger partial charge in [-0.1, -0.05) is 0 Å². The Morgan fingerprint density at radius 1 is 1.27 bits per heavy atom. The number of hydrogen-bond acceptors (Lipinski definition) is 4. The maximum absolute atomic E-state index is 12.0. The minimum Gasteiger partial charge on any atom is -0.493 e. The number of amides is 1. The van der Waals surface area contributed by atoms with E-state index in [4.69, 9.17) is 13.9 Å². The lowest BCUT2D eigenvalue weighted by atomic mass is 10.2. The number of ether oxygens (including phenoxy) is 2. The summed E-state index contributed by atoms with van der Waals surface area (Å²) in [5, 5.41) is 4.74. The Kier molecular flexibility index (Phi) is 5.43. The molecule has 22 heavy (non-hydrogen) atoms. The number of furan rings is 1. The van der Waals surface area contributed by atoms with Gasteiger partial charge in [-0.15, -0.1) is 0 Å². The topological polar surface area (TPSA) is 77.3 Å². The Bertz CT molecular complexity index is 611. The number of methoxy groups -OCH3 is 2. The normalized spacial score (nSPS) is 11.8. The van der Waals surface area contributed by atoms with Gasteiger partial charge in [0, 0.05) is 11.8 Å². The van der Waals surface area contributed by atoms with Crippen LogP contribution in [0.15, 0.2) is 41.0 Å². The number of carbonyl (C=O) groups is 1. The highest BCUT2D eigenvalue weighted by molar-refractivity contribution is 5.91. The van der Waals surface area contributed by atoms with Gasteiger partial charge in [-0.3, -0.25) is 4.79 Å². The summed E-state index contributed by atoms with van der Waals surface area (Å²) >= 11 is 0. The molecular formula is C16H21N2O4+. The monoisotopic (exact) mass is 305 g/mol. The van der Waals surface area contributed by atoms with E-state index in [0.717, 1.165) is 5.76 Å². The lowest BCUT2D eigenvalue weighted by Gasteiger charge is -2.11. The van der Waals surface area contributed by atoms with Gasteiger partial charge in [0.1, 0.15) is 6.04 Å². The van der Waals surface area contributed by atoms with E-state index in [1.54, 1.807) is 38.7 Å². The minimum atomic E-state index is -0.0920. The van der Waals surface area contributed by atoms with Gasteiger partial charge < -0.3 is 24.5 Å². The van der Waals surface area contributed by atoms with Crippen LogP contribution in [-0.4, -0.2) is 26.7 Å². The fourth-order valence-electron chi connectivity index (χ4n) is 2.08. The second kappa shape index (κ2) is 7.51. The second-order valence-electron chi connectivity index (χ2n) is 4.86. The van der Waals surface area contributed by atoms with Crippen molar-refractivity contribution >= 4 is 11.6 Å². The first-order valence-corrected chi connectivity index (χ1v) is 7.02. The van der Waals surface area contributed by atoms with Crippen LogP contribution in [0.4, 0.5) is 5.69 Å². The molecule has 3 N–H and O–H groups in total. The number of benzene rings is 1.